The molecule has 122 valence electrons. The van der Waals surface area contributed by atoms with Crippen molar-refractivity contribution < 1.29 is 4.79 Å². The smallest absolute Gasteiger partial charge is 0.256 e. The predicted molar refractivity (Wildman–Crippen MR) is 97.6 cm³/mol. The van der Waals surface area contributed by atoms with E-state index in [-0.39, 0.29) is 5.91 Å². The maximum absolute atomic E-state index is 12.3. The van der Waals surface area contributed by atoms with Crippen LogP contribution in [0.15, 0.2) is 77.5 Å². The van der Waals surface area contributed by atoms with E-state index in [0.717, 1.165) is 11.4 Å². The largest absolute Gasteiger partial charge is 0.399 e. The molecule has 0 fully saturated rings. The number of benzene rings is 1. The van der Waals surface area contributed by atoms with Crippen LogP contribution in [0, 0.1) is 0 Å². The summed E-state index contributed by atoms with van der Waals surface area (Å²) in [7, 11) is 0. The lowest BCUT2D eigenvalue weighted by Gasteiger charge is -2.10. The summed E-state index contributed by atoms with van der Waals surface area (Å²) >= 11 is 0. The minimum absolute atomic E-state index is 0.305. The highest BCUT2D eigenvalue weighted by Gasteiger charge is 2.07. The van der Waals surface area contributed by atoms with E-state index in [0.29, 0.717) is 17.1 Å². The van der Waals surface area contributed by atoms with Crippen molar-refractivity contribution in [3.63, 3.8) is 0 Å². The number of aromatic nitrogens is 1. The summed E-state index contributed by atoms with van der Waals surface area (Å²) in [6.07, 6.45) is 6.93. The van der Waals surface area contributed by atoms with Gasteiger partial charge in [-0.3, -0.25) is 9.78 Å². The number of nitrogens with zero attached hydrogens (tertiary/aromatic N) is 2. The van der Waals surface area contributed by atoms with Crippen molar-refractivity contribution in [2.24, 2.45) is 4.99 Å². The first-order chi connectivity index (χ1) is 11.6. The number of aliphatic imine (C=N–C) groups is 1. The Balaban J connectivity index is 2.12. The lowest BCUT2D eigenvalue weighted by atomic mass is 10.2. The summed E-state index contributed by atoms with van der Waals surface area (Å²) in [4.78, 5) is 20.1. The average Bonchev–Trinajstić information content (AvgIpc) is 2.61. The molecule has 1 heterocycles. The highest BCUT2D eigenvalue weighted by molar-refractivity contribution is 5.96. The Labute approximate surface area is 140 Å². The van der Waals surface area contributed by atoms with Crippen molar-refractivity contribution in [1.82, 2.24) is 10.3 Å². The van der Waals surface area contributed by atoms with Crippen LogP contribution < -0.4 is 16.4 Å². The van der Waals surface area contributed by atoms with Gasteiger partial charge < -0.3 is 16.4 Å². The van der Waals surface area contributed by atoms with Crippen LogP contribution in [-0.2, 0) is 0 Å². The second-order valence-corrected chi connectivity index (χ2v) is 4.87. The van der Waals surface area contributed by atoms with Gasteiger partial charge in [-0.15, -0.1) is 0 Å². The number of hydrogen-bond acceptors (Lipinski definition) is 5. The Morgan fingerprint density at radius 1 is 1.29 bits per heavy atom. The van der Waals surface area contributed by atoms with Crippen molar-refractivity contribution in [2.45, 2.75) is 6.92 Å². The van der Waals surface area contributed by atoms with Crippen molar-refractivity contribution in [3.8, 4) is 0 Å². The van der Waals surface area contributed by atoms with Crippen molar-refractivity contribution in [2.75, 3.05) is 11.1 Å². The molecule has 0 unspecified atom stereocenters. The fraction of sp³-hybridized carbons (Fsp3) is 0.0556. The van der Waals surface area contributed by atoms with Crippen LogP contribution in [0.5, 0.6) is 0 Å². The van der Waals surface area contributed by atoms with Gasteiger partial charge in [0.05, 0.1) is 0 Å². The Morgan fingerprint density at radius 2 is 2.04 bits per heavy atom. The van der Waals surface area contributed by atoms with E-state index in [1.165, 1.54) is 0 Å². The number of hydrogen-bond donors (Lipinski definition) is 3. The molecule has 4 N–H and O–H groups in total. The standard InChI is InChI=1S/C18H19N5O/c1-3-15(22-16-7-9-21-10-8-16)12-17(20-2)23-18(24)13-5-4-6-14(19)11-13/h3-12H,2,19H2,1H3,(H,21,22)(H,23,24)/b15-3+,17-12+. The maximum Gasteiger partial charge on any atom is 0.256 e. The van der Waals surface area contributed by atoms with Crippen LogP contribution in [0.3, 0.4) is 0 Å². The molecule has 6 nitrogen and oxygen atoms in total. The Kier molecular flexibility index (Phi) is 5.85. The highest BCUT2D eigenvalue weighted by atomic mass is 16.1. The van der Waals surface area contributed by atoms with Gasteiger partial charge in [0.25, 0.3) is 5.91 Å². The van der Waals surface area contributed by atoms with Crippen molar-refractivity contribution in [1.29, 1.82) is 0 Å². The van der Waals surface area contributed by atoms with Gasteiger partial charge in [-0.25, -0.2) is 4.99 Å². The van der Waals surface area contributed by atoms with E-state index in [9.17, 15) is 4.79 Å². The molecule has 0 saturated carbocycles. The van der Waals surface area contributed by atoms with Crippen LogP contribution in [0.2, 0.25) is 0 Å². The number of anilines is 2. The number of nitrogen functional groups attached to an aromatic ring is 1. The van der Waals surface area contributed by atoms with Gasteiger partial charge in [0, 0.05) is 41.1 Å². The normalized spacial score (nSPS) is 11.7. The van der Waals surface area contributed by atoms with Crippen molar-refractivity contribution >= 4 is 24.0 Å². The number of allylic oxidation sites excluding steroid dienone is 2. The van der Waals surface area contributed by atoms with Crippen LogP contribution in [-0.4, -0.2) is 17.6 Å². The summed E-state index contributed by atoms with van der Waals surface area (Å²) < 4.78 is 0. The third-order valence-electron chi connectivity index (χ3n) is 3.13. The molecule has 0 aliphatic heterocycles. The van der Waals surface area contributed by atoms with Crippen LogP contribution in [0.25, 0.3) is 0 Å². The van der Waals surface area contributed by atoms with E-state index >= 15 is 0 Å². The topological polar surface area (TPSA) is 92.4 Å². The second-order valence-electron chi connectivity index (χ2n) is 4.87. The first kappa shape index (κ1) is 17.0. The minimum Gasteiger partial charge on any atom is -0.399 e. The number of pyridine rings is 1. The van der Waals surface area contributed by atoms with E-state index < -0.39 is 0 Å². The molecule has 24 heavy (non-hydrogen) atoms. The molecule has 2 rings (SSSR count). The third-order valence-corrected chi connectivity index (χ3v) is 3.13. The number of nitrogens with one attached hydrogen (secondary N) is 2. The molecular weight excluding hydrogens is 302 g/mol. The Hall–Kier alpha value is -3.41. The number of rotatable bonds is 6. The summed E-state index contributed by atoms with van der Waals surface area (Å²) in [5.74, 6) is 0.0254. The van der Waals surface area contributed by atoms with Crippen LogP contribution in [0.4, 0.5) is 11.4 Å². The molecule has 0 spiro atoms. The fourth-order valence-corrected chi connectivity index (χ4v) is 1.93. The zero-order valence-corrected chi connectivity index (χ0v) is 13.4. The summed E-state index contributed by atoms with van der Waals surface area (Å²) in [5, 5.41) is 5.91. The molecule has 0 bridgehead atoms. The Morgan fingerprint density at radius 3 is 2.67 bits per heavy atom. The van der Waals surface area contributed by atoms with Crippen LogP contribution >= 0.6 is 0 Å². The van der Waals surface area contributed by atoms with E-state index in [1.807, 2.05) is 25.1 Å². The van der Waals surface area contributed by atoms with Gasteiger partial charge in [0.1, 0.15) is 5.82 Å². The zero-order chi connectivity index (χ0) is 17.4. The van der Waals surface area contributed by atoms with Gasteiger partial charge in [-0.1, -0.05) is 12.1 Å². The monoisotopic (exact) mass is 321 g/mol. The predicted octanol–water partition coefficient (Wildman–Crippen LogP) is 2.95. The summed E-state index contributed by atoms with van der Waals surface area (Å²) in [5.41, 5.74) is 8.30. The minimum atomic E-state index is -0.305. The first-order valence-electron chi connectivity index (χ1n) is 7.31. The molecule has 0 atom stereocenters. The summed E-state index contributed by atoms with van der Waals surface area (Å²) in [6, 6.07) is 10.4. The lowest BCUT2D eigenvalue weighted by Crippen LogP contribution is -2.22. The van der Waals surface area contributed by atoms with Crippen LogP contribution in [0.1, 0.15) is 17.3 Å². The number of nitrogens with two attached hydrogens (primary N) is 1. The number of carbonyl (C=O) groups excluding carboxylic acids is 1. The molecule has 1 aromatic heterocycles. The SMILES string of the molecule is C=N/C(=C\C(=C/C)Nc1ccncc1)NC(=O)c1cccc(N)c1. The molecule has 0 aliphatic carbocycles. The molecule has 1 aromatic carbocycles. The van der Waals surface area contributed by atoms with Gasteiger partial charge in [-0.05, 0) is 44.0 Å². The molecule has 0 radical (unpaired) electrons. The second kappa shape index (κ2) is 8.28. The quantitative estimate of drug-likeness (QED) is 0.433. The third kappa shape index (κ3) is 4.81. The van der Waals surface area contributed by atoms with Gasteiger partial charge in [0.15, 0.2) is 0 Å². The maximum atomic E-state index is 12.3. The number of amides is 1. The zero-order valence-electron chi connectivity index (χ0n) is 13.4. The molecule has 6 heteroatoms. The van der Waals surface area contributed by atoms with Crippen molar-refractivity contribution in [3.05, 3.63) is 78.0 Å². The average molecular weight is 321 g/mol. The lowest BCUT2D eigenvalue weighted by molar-refractivity contribution is 0.0965. The van der Waals surface area contributed by atoms with Gasteiger partial charge >= 0.3 is 0 Å². The van der Waals surface area contributed by atoms with E-state index in [4.69, 9.17) is 5.73 Å². The first-order valence-corrected chi connectivity index (χ1v) is 7.31. The molecular formula is C18H19N5O. The molecule has 0 aliphatic rings. The fourth-order valence-electron chi connectivity index (χ4n) is 1.93. The molecule has 2 aromatic rings. The van der Waals surface area contributed by atoms with Gasteiger partial charge in [0.2, 0.25) is 0 Å². The summed E-state index contributed by atoms with van der Waals surface area (Å²) in [6.45, 7) is 5.37. The molecule has 1 amide bonds. The van der Waals surface area contributed by atoms with E-state index in [1.54, 1.807) is 42.7 Å². The highest BCUT2D eigenvalue weighted by Crippen LogP contribution is 2.11. The van der Waals surface area contributed by atoms with Gasteiger partial charge in [-0.2, -0.15) is 0 Å². The Bertz CT molecular complexity index is 781. The number of carbonyl (C=O) groups is 1. The van der Waals surface area contributed by atoms with E-state index in [2.05, 4.69) is 27.3 Å². The molecule has 0 saturated heterocycles.